The predicted molar refractivity (Wildman–Crippen MR) is 148 cm³/mol. The molecule has 10 nitrogen and oxygen atoms in total. The highest BCUT2D eigenvalue weighted by Crippen LogP contribution is 2.27. The highest BCUT2D eigenvalue weighted by Gasteiger charge is 2.23. The molecule has 3 aromatic carbocycles. The molecule has 1 N–H and O–H groups in total. The number of hydrogen-bond acceptors (Lipinski definition) is 6. The van der Waals surface area contributed by atoms with E-state index in [0.29, 0.717) is 48.3 Å². The van der Waals surface area contributed by atoms with Crippen LogP contribution < -0.4 is 10.1 Å². The van der Waals surface area contributed by atoms with Crippen LogP contribution >= 0.6 is 0 Å². The molecule has 10 heteroatoms. The third kappa shape index (κ3) is 5.96. The lowest BCUT2D eigenvalue weighted by Gasteiger charge is -2.34. The molecule has 0 spiro atoms. The first-order valence-corrected chi connectivity index (χ1v) is 12.8. The molecular weight excluding hydrogens is 512 g/mol. The summed E-state index contributed by atoms with van der Waals surface area (Å²) in [5.74, 6) is 0.104. The molecule has 1 aromatic heterocycles. The smallest absolute Gasteiger partial charge is 0.418 e. The highest BCUT2D eigenvalue weighted by molar-refractivity contribution is 6.03. The lowest BCUT2D eigenvalue weighted by atomic mass is 10.1. The number of aromatic nitrogens is 1. The van der Waals surface area contributed by atoms with Crippen molar-refractivity contribution in [2.45, 2.75) is 13.5 Å². The van der Waals surface area contributed by atoms with Crippen molar-refractivity contribution in [2.75, 3.05) is 31.5 Å². The number of hydrogen-bond donors (Lipinski definition) is 1. The Bertz CT molecular complexity index is 1540. The van der Waals surface area contributed by atoms with E-state index in [9.17, 15) is 19.2 Å². The van der Waals surface area contributed by atoms with Crippen LogP contribution in [0.15, 0.2) is 85.1 Å². The average Bonchev–Trinajstić information content (AvgIpc) is 3.34. The maximum Gasteiger partial charge on any atom is 0.418 e. The van der Waals surface area contributed by atoms with Crippen molar-refractivity contribution in [1.29, 1.82) is 0 Å². The fraction of sp³-hybridized carbons (Fsp3) is 0.200. The number of nitrogens with zero attached hydrogens (tertiary/aromatic N) is 3. The Balaban J connectivity index is 1.21. The third-order valence-corrected chi connectivity index (χ3v) is 6.67. The maximum absolute atomic E-state index is 12.8. The average molecular weight is 541 g/mol. The summed E-state index contributed by atoms with van der Waals surface area (Å²) in [6.07, 6.45) is 0.164. The second-order valence-electron chi connectivity index (χ2n) is 9.31. The number of nitrogens with one attached hydrogen (secondary N) is 1. The number of carbonyl (C=O) groups excluding carboxylic acids is 4. The summed E-state index contributed by atoms with van der Waals surface area (Å²) in [6.45, 7) is 3.57. The van der Waals surface area contributed by atoms with Crippen LogP contribution in [-0.4, -0.2) is 64.5 Å². The minimum absolute atomic E-state index is 0.000526. The fourth-order valence-corrected chi connectivity index (χ4v) is 4.53. The molecule has 3 amide bonds. The van der Waals surface area contributed by atoms with Gasteiger partial charge in [-0.1, -0.05) is 48.5 Å². The predicted octanol–water partition coefficient (Wildman–Crippen LogP) is 4.74. The van der Waals surface area contributed by atoms with Gasteiger partial charge in [-0.25, -0.2) is 9.59 Å². The molecule has 0 atom stereocenters. The van der Waals surface area contributed by atoms with Crippen molar-refractivity contribution in [2.24, 2.45) is 0 Å². The molecule has 5 rings (SSSR count). The van der Waals surface area contributed by atoms with Gasteiger partial charge in [0.2, 0.25) is 5.91 Å². The summed E-state index contributed by atoms with van der Waals surface area (Å²) in [4.78, 5) is 53.3. The van der Waals surface area contributed by atoms with Gasteiger partial charge >= 0.3 is 12.2 Å². The Morgan fingerprint density at radius 3 is 2.15 bits per heavy atom. The summed E-state index contributed by atoms with van der Waals surface area (Å²) < 4.78 is 12.2. The molecule has 0 unspecified atom stereocenters. The summed E-state index contributed by atoms with van der Waals surface area (Å²) in [5, 5.41) is 3.33. The van der Waals surface area contributed by atoms with Crippen LogP contribution in [0.25, 0.3) is 10.9 Å². The number of para-hydroxylation sites is 1. The molecule has 1 fully saturated rings. The van der Waals surface area contributed by atoms with Crippen LogP contribution in [0.3, 0.4) is 0 Å². The van der Waals surface area contributed by atoms with E-state index in [1.165, 1.54) is 17.7 Å². The quantitative estimate of drug-likeness (QED) is 0.392. The van der Waals surface area contributed by atoms with Crippen LogP contribution in [0.5, 0.6) is 5.75 Å². The van der Waals surface area contributed by atoms with E-state index in [0.717, 1.165) is 5.56 Å². The lowest BCUT2D eigenvalue weighted by molar-refractivity contribution is -0.130. The Morgan fingerprint density at radius 2 is 1.45 bits per heavy atom. The second kappa shape index (κ2) is 11.7. The Labute approximate surface area is 230 Å². The molecule has 0 bridgehead atoms. The SMILES string of the molecule is CC(=O)N1CCN(C(=O)c2ccc(OC(=O)Nc3cn(C(=O)OCc4ccccc4)c4ccccc34)cc2)CC1. The van der Waals surface area contributed by atoms with Crippen LogP contribution in [0.4, 0.5) is 15.3 Å². The molecule has 40 heavy (non-hydrogen) atoms. The van der Waals surface area contributed by atoms with E-state index in [1.54, 1.807) is 58.3 Å². The standard InChI is InChI=1S/C30H28N4O6/c1-21(35)32-15-17-33(18-16-32)28(36)23-11-13-24(14-12-23)40-29(37)31-26-19-34(27-10-6-5-9-25(26)27)30(38)39-20-22-7-3-2-4-8-22/h2-14,19H,15-18,20H2,1H3,(H,31,37). The van der Waals surface area contributed by atoms with Gasteiger partial charge in [-0.05, 0) is 35.9 Å². The van der Waals surface area contributed by atoms with Gasteiger partial charge in [0, 0.05) is 50.2 Å². The summed E-state index contributed by atoms with van der Waals surface area (Å²) in [7, 11) is 0. The summed E-state index contributed by atoms with van der Waals surface area (Å²) in [6, 6.07) is 22.7. The van der Waals surface area contributed by atoms with Crippen molar-refractivity contribution in [1.82, 2.24) is 14.4 Å². The van der Waals surface area contributed by atoms with E-state index < -0.39 is 12.2 Å². The second-order valence-corrected chi connectivity index (χ2v) is 9.31. The molecule has 1 aliphatic heterocycles. The minimum atomic E-state index is -0.750. The first-order valence-electron chi connectivity index (χ1n) is 12.8. The topological polar surface area (TPSA) is 110 Å². The Kier molecular flexibility index (Phi) is 7.77. The number of rotatable bonds is 5. The van der Waals surface area contributed by atoms with Gasteiger partial charge in [0.15, 0.2) is 0 Å². The van der Waals surface area contributed by atoms with Crippen LogP contribution in [0.1, 0.15) is 22.8 Å². The number of amides is 3. The minimum Gasteiger partial charge on any atom is -0.444 e. The normalized spacial score (nSPS) is 13.1. The zero-order valence-corrected chi connectivity index (χ0v) is 21.9. The summed E-state index contributed by atoms with van der Waals surface area (Å²) >= 11 is 0. The lowest BCUT2D eigenvalue weighted by Crippen LogP contribution is -2.50. The van der Waals surface area contributed by atoms with Crippen LogP contribution in [0, 0.1) is 0 Å². The zero-order valence-electron chi connectivity index (χ0n) is 21.9. The van der Waals surface area contributed by atoms with Gasteiger partial charge in [0.1, 0.15) is 12.4 Å². The van der Waals surface area contributed by atoms with E-state index in [4.69, 9.17) is 9.47 Å². The number of carbonyl (C=O) groups is 4. The van der Waals surface area contributed by atoms with Crippen LogP contribution in [-0.2, 0) is 16.1 Å². The molecule has 0 radical (unpaired) electrons. The van der Waals surface area contributed by atoms with Gasteiger partial charge in [-0.15, -0.1) is 0 Å². The van der Waals surface area contributed by atoms with Gasteiger partial charge in [-0.3, -0.25) is 19.5 Å². The van der Waals surface area contributed by atoms with Gasteiger partial charge < -0.3 is 19.3 Å². The first-order chi connectivity index (χ1) is 19.4. The first kappa shape index (κ1) is 26.5. The molecule has 204 valence electrons. The highest BCUT2D eigenvalue weighted by atomic mass is 16.6. The molecular formula is C30H28N4O6. The van der Waals surface area contributed by atoms with E-state index in [1.807, 2.05) is 30.3 Å². The van der Waals surface area contributed by atoms with Crippen LogP contribution in [0.2, 0.25) is 0 Å². The van der Waals surface area contributed by atoms with Crippen molar-refractivity contribution in [3.8, 4) is 5.75 Å². The number of anilines is 1. The number of fused-ring (bicyclic) bond motifs is 1. The van der Waals surface area contributed by atoms with E-state index >= 15 is 0 Å². The Morgan fingerprint density at radius 1 is 0.800 bits per heavy atom. The maximum atomic E-state index is 12.8. The van der Waals surface area contributed by atoms with Crippen molar-refractivity contribution in [3.63, 3.8) is 0 Å². The number of piperazine rings is 1. The van der Waals surface area contributed by atoms with E-state index in [2.05, 4.69) is 5.32 Å². The summed E-state index contributed by atoms with van der Waals surface area (Å²) in [5.41, 5.74) is 2.27. The van der Waals surface area contributed by atoms with Crippen molar-refractivity contribution < 1.29 is 28.7 Å². The van der Waals surface area contributed by atoms with Gasteiger partial charge in [0.05, 0.1) is 11.2 Å². The monoisotopic (exact) mass is 540 g/mol. The molecule has 2 heterocycles. The zero-order chi connectivity index (χ0) is 28.1. The molecule has 1 aliphatic rings. The van der Waals surface area contributed by atoms with E-state index in [-0.39, 0.29) is 24.2 Å². The fourth-order valence-electron chi connectivity index (χ4n) is 4.53. The van der Waals surface area contributed by atoms with Crippen molar-refractivity contribution >= 4 is 40.6 Å². The third-order valence-electron chi connectivity index (χ3n) is 6.67. The Hall–Kier alpha value is -5.12. The number of ether oxygens (including phenoxy) is 2. The van der Waals surface area contributed by atoms with Gasteiger partial charge in [0.25, 0.3) is 5.91 Å². The van der Waals surface area contributed by atoms with Gasteiger partial charge in [-0.2, -0.15) is 0 Å². The molecule has 4 aromatic rings. The van der Waals surface area contributed by atoms with Crippen molar-refractivity contribution in [3.05, 3.63) is 96.2 Å². The number of benzene rings is 3. The molecule has 1 saturated heterocycles. The molecule has 0 aliphatic carbocycles. The largest absolute Gasteiger partial charge is 0.444 e. The molecule has 0 saturated carbocycles.